The lowest BCUT2D eigenvalue weighted by Gasteiger charge is -2.07. The van der Waals surface area contributed by atoms with Crippen molar-refractivity contribution in [2.45, 2.75) is 6.92 Å². The molecule has 1 aliphatic heterocycles. The molecule has 0 amide bonds. The second-order valence-corrected chi connectivity index (χ2v) is 3.17. The van der Waals surface area contributed by atoms with E-state index in [1.54, 1.807) is 13.0 Å². The Morgan fingerprint density at radius 2 is 2.50 bits per heavy atom. The van der Waals surface area contributed by atoms with E-state index in [0.29, 0.717) is 11.5 Å². The molecule has 0 radical (unpaired) electrons. The van der Waals surface area contributed by atoms with E-state index in [9.17, 15) is 4.79 Å². The van der Waals surface area contributed by atoms with Gasteiger partial charge in [-0.05, 0) is 30.1 Å². The SMILES string of the molecule is C=C1C=CSC(C(=O)OCC)=C1. The maximum Gasteiger partial charge on any atom is 0.344 e. The van der Waals surface area contributed by atoms with E-state index in [1.165, 1.54) is 11.8 Å². The number of rotatable bonds is 2. The summed E-state index contributed by atoms with van der Waals surface area (Å²) in [5, 5.41) is 1.83. The Hall–Kier alpha value is -0.960. The number of hydrogen-bond donors (Lipinski definition) is 0. The molecule has 1 heterocycles. The van der Waals surface area contributed by atoms with Crippen LogP contribution in [0.15, 0.2) is 34.6 Å². The molecule has 0 saturated carbocycles. The highest BCUT2D eigenvalue weighted by molar-refractivity contribution is 8.06. The molecule has 0 aromatic rings. The highest BCUT2D eigenvalue weighted by atomic mass is 32.2. The van der Waals surface area contributed by atoms with Gasteiger partial charge in [-0.15, -0.1) is 0 Å². The highest BCUT2D eigenvalue weighted by Gasteiger charge is 2.11. The molecule has 1 rings (SSSR count). The van der Waals surface area contributed by atoms with Crippen LogP contribution in [0, 0.1) is 0 Å². The number of carbonyl (C=O) groups excluding carboxylic acids is 1. The third-order valence-electron chi connectivity index (χ3n) is 1.27. The quantitative estimate of drug-likeness (QED) is 0.613. The van der Waals surface area contributed by atoms with Gasteiger partial charge in [-0.2, -0.15) is 0 Å². The van der Waals surface area contributed by atoms with Gasteiger partial charge in [0.2, 0.25) is 0 Å². The average Bonchev–Trinajstić information content (AvgIpc) is 2.05. The first-order valence-corrected chi connectivity index (χ1v) is 4.53. The highest BCUT2D eigenvalue weighted by Crippen LogP contribution is 2.25. The van der Waals surface area contributed by atoms with Crippen LogP contribution in [-0.4, -0.2) is 12.6 Å². The first-order chi connectivity index (χ1) is 5.74. The third kappa shape index (κ3) is 2.27. The zero-order valence-corrected chi connectivity index (χ0v) is 7.69. The summed E-state index contributed by atoms with van der Waals surface area (Å²) < 4.78 is 4.83. The van der Waals surface area contributed by atoms with Crippen LogP contribution in [0.3, 0.4) is 0 Å². The largest absolute Gasteiger partial charge is 0.462 e. The number of ether oxygens (including phenoxy) is 1. The Balaban J connectivity index is 2.63. The third-order valence-corrected chi connectivity index (χ3v) is 2.08. The summed E-state index contributed by atoms with van der Waals surface area (Å²) in [4.78, 5) is 11.8. The van der Waals surface area contributed by atoms with Gasteiger partial charge in [0.05, 0.1) is 11.5 Å². The summed E-state index contributed by atoms with van der Waals surface area (Å²) in [6.07, 6.45) is 3.58. The van der Waals surface area contributed by atoms with E-state index < -0.39 is 0 Å². The number of thioether (sulfide) groups is 1. The van der Waals surface area contributed by atoms with Crippen LogP contribution in [0.2, 0.25) is 0 Å². The second-order valence-electron chi connectivity index (χ2n) is 2.22. The van der Waals surface area contributed by atoms with E-state index >= 15 is 0 Å². The lowest BCUT2D eigenvalue weighted by Crippen LogP contribution is -2.05. The standard InChI is InChI=1S/C9H10O2S/c1-3-11-9(10)8-6-7(2)4-5-12-8/h4-6H,2-3H2,1H3. The maximum absolute atomic E-state index is 11.2. The lowest BCUT2D eigenvalue weighted by molar-refractivity contribution is -0.137. The molecule has 2 nitrogen and oxygen atoms in total. The zero-order chi connectivity index (χ0) is 8.97. The first-order valence-electron chi connectivity index (χ1n) is 3.65. The predicted molar refractivity (Wildman–Crippen MR) is 50.6 cm³/mol. The monoisotopic (exact) mass is 182 g/mol. The Morgan fingerprint density at radius 1 is 1.75 bits per heavy atom. The van der Waals surface area contributed by atoms with E-state index in [2.05, 4.69) is 6.58 Å². The van der Waals surface area contributed by atoms with Gasteiger partial charge in [0.15, 0.2) is 0 Å². The fraction of sp³-hybridized carbons (Fsp3) is 0.222. The molecule has 0 saturated heterocycles. The predicted octanol–water partition coefficient (Wildman–Crippen LogP) is 2.25. The van der Waals surface area contributed by atoms with Gasteiger partial charge in [-0.1, -0.05) is 18.3 Å². The molecular weight excluding hydrogens is 172 g/mol. The summed E-state index contributed by atoms with van der Waals surface area (Å²) in [6.45, 7) is 5.92. The molecule has 0 fully saturated rings. The minimum atomic E-state index is -0.270. The summed E-state index contributed by atoms with van der Waals surface area (Å²) in [6, 6.07) is 0. The molecule has 12 heavy (non-hydrogen) atoms. The molecular formula is C9H10O2S. The van der Waals surface area contributed by atoms with Crippen molar-refractivity contribution >= 4 is 17.7 Å². The topological polar surface area (TPSA) is 26.3 Å². The van der Waals surface area contributed by atoms with Gasteiger partial charge in [-0.3, -0.25) is 0 Å². The van der Waals surface area contributed by atoms with Crippen LogP contribution in [-0.2, 0) is 9.53 Å². The fourth-order valence-corrected chi connectivity index (χ4v) is 1.52. The molecule has 0 spiro atoms. The van der Waals surface area contributed by atoms with Crippen molar-refractivity contribution in [3.8, 4) is 0 Å². The van der Waals surface area contributed by atoms with Crippen molar-refractivity contribution in [1.82, 2.24) is 0 Å². The molecule has 0 aromatic heterocycles. The van der Waals surface area contributed by atoms with Crippen molar-refractivity contribution in [2.75, 3.05) is 6.61 Å². The van der Waals surface area contributed by atoms with Crippen LogP contribution in [0.4, 0.5) is 0 Å². The van der Waals surface area contributed by atoms with Crippen molar-refractivity contribution in [3.05, 3.63) is 34.6 Å². The Labute approximate surface area is 76.0 Å². The number of esters is 1. The second kappa shape index (κ2) is 4.16. The van der Waals surface area contributed by atoms with Crippen molar-refractivity contribution in [2.24, 2.45) is 0 Å². The van der Waals surface area contributed by atoms with E-state index in [1.807, 2.05) is 11.5 Å². The van der Waals surface area contributed by atoms with Crippen molar-refractivity contribution in [3.63, 3.8) is 0 Å². The van der Waals surface area contributed by atoms with Crippen LogP contribution in [0.5, 0.6) is 0 Å². The van der Waals surface area contributed by atoms with Gasteiger partial charge in [0.1, 0.15) is 0 Å². The molecule has 1 aliphatic rings. The van der Waals surface area contributed by atoms with Crippen molar-refractivity contribution in [1.29, 1.82) is 0 Å². The molecule has 0 atom stereocenters. The molecule has 0 N–H and O–H groups in total. The van der Waals surface area contributed by atoms with Crippen LogP contribution >= 0.6 is 11.8 Å². The Kier molecular flexibility index (Phi) is 3.17. The van der Waals surface area contributed by atoms with Gasteiger partial charge in [-0.25, -0.2) is 4.79 Å². The average molecular weight is 182 g/mol. The zero-order valence-electron chi connectivity index (χ0n) is 6.87. The summed E-state index contributed by atoms with van der Waals surface area (Å²) in [5.41, 5.74) is 0.830. The normalized spacial score (nSPS) is 15.8. The minimum absolute atomic E-state index is 0.270. The van der Waals surface area contributed by atoms with Crippen LogP contribution in [0.25, 0.3) is 0 Å². The van der Waals surface area contributed by atoms with Gasteiger partial charge >= 0.3 is 5.97 Å². The Bertz CT molecular complexity index is 264. The van der Waals surface area contributed by atoms with Crippen molar-refractivity contribution < 1.29 is 9.53 Å². The van der Waals surface area contributed by atoms with Gasteiger partial charge < -0.3 is 4.74 Å². The summed E-state index contributed by atoms with van der Waals surface area (Å²) in [5.74, 6) is -0.270. The van der Waals surface area contributed by atoms with Crippen LogP contribution in [0.1, 0.15) is 6.92 Å². The molecule has 0 unspecified atom stereocenters. The number of allylic oxidation sites excluding steroid dienone is 3. The van der Waals surface area contributed by atoms with Gasteiger partial charge in [0, 0.05) is 0 Å². The lowest BCUT2D eigenvalue weighted by atomic mass is 10.3. The maximum atomic E-state index is 11.2. The first kappa shape index (κ1) is 9.13. The van der Waals surface area contributed by atoms with Gasteiger partial charge in [0.25, 0.3) is 0 Å². The number of hydrogen-bond acceptors (Lipinski definition) is 3. The molecule has 64 valence electrons. The summed E-state index contributed by atoms with van der Waals surface area (Å²) in [7, 11) is 0. The molecule has 3 heteroatoms. The fourth-order valence-electron chi connectivity index (χ4n) is 0.755. The Morgan fingerprint density at radius 3 is 3.08 bits per heavy atom. The van der Waals surface area contributed by atoms with Crippen LogP contribution < -0.4 is 0 Å². The summed E-state index contributed by atoms with van der Waals surface area (Å²) >= 11 is 1.36. The van der Waals surface area contributed by atoms with E-state index in [0.717, 1.165) is 5.57 Å². The number of carbonyl (C=O) groups is 1. The molecule has 0 aromatic carbocycles. The minimum Gasteiger partial charge on any atom is -0.462 e. The molecule has 0 bridgehead atoms. The van der Waals surface area contributed by atoms with E-state index in [4.69, 9.17) is 4.74 Å². The smallest absolute Gasteiger partial charge is 0.344 e. The van der Waals surface area contributed by atoms with E-state index in [-0.39, 0.29) is 5.97 Å². The molecule has 0 aliphatic carbocycles.